The number of fused-ring (bicyclic) bond motifs is 1. The van der Waals surface area contributed by atoms with Gasteiger partial charge in [0.05, 0.1) is 0 Å². The van der Waals surface area contributed by atoms with Crippen molar-refractivity contribution in [1.29, 1.82) is 0 Å². The Morgan fingerprint density at radius 2 is 2.00 bits per heavy atom. The van der Waals surface area contributed by atoms with Gasteiger partial charge in [-0.1, -0.05) is 6.07 Å². The van der Waals surface area contributed by atoms with Crippen LogP contribution in [0.4, 0.5) is 4.39 Å². The van der Waals surface area contributed by atoms with Crippen LogP contribution in [0, 0.1) is 5.82 Å². The molecule has 0 bridgehead atoms. The molecule has 0 unspecified atom stereocenters. The van der Waals surface area contributed by atoms with Crippen LogP contribution in [-0.2, 0) is 5.54 Å². The van der Waals surface area contributed by atoms with Crippen molar-refractivity contribution in [2.24, 2.45) is 5.73 Å². The Kier molecular flexibility index (Phi) is 1.86. The zero-order valence-electron chi connectivity index (χ0n) is 8.26. The molecule has 0 aliphatic heterocycles. The Morgan fingerprint density at radius 3 is 2.64 bits per heavy atom. The second kappa shape index (κ2) is 2.82. The van der Waals surface area contributed by atoms with E-state index in [9.17, 15) is 4.39 Å². The molecule has 0 aliphatic rings. The first-order chi connectivity index (χ1) is 6.50. The lowest BCUT2D eigenvalue weighted by molar-refractivity contribution is 0.506. The number of nitrogens with two attached hydrogens (primary N) is 1. The Balaban J connectivity index is 2.74. The van der Waals surface area contributed by atoms with E-state index in [0.717, 1.165) is 5.52 Å². The van der Waals surface area contributed by atoms with E-state index in [1.54, 1.807) is 32.2 Å². The highest BCUT2D eigenvalue weighted by atomic mass is 19.1. The van der Waals surface area contributed by atoms with Crippen molar-refractivity contribution in [3.63, 3.8) is 0 Å². The number of H-pyrrole nitrogens is 1. The van der Waals surface area contributed by atoms with Gasteiger partial charge in [-0.25, -0.2) is 4.39 Å². The first-order valence-electron chi connectivity index (χ1n) is 4.55. The maximum atomic E-state index is 13.9. The van der Waals surface area contributed by atoms with Crippen LogP contribution in [0.5, 0.6) is 0 Å². The molecule has 2 aromatic rings. The molecule has 3 heteroatoms. The Morgan fingerprint density at radius 1 is 1.29 bits per heavy atom. The second-order valence-corrected chi connectivity index (χ2v) is 4.09. The van der Waals surface area contributed by atoms with E-state index in [1.165, 1.54) is 0 Å². The Bertz CT molecular complexity index is 466. The van der Waals surface area contributed by atoms with Gasteiger partial charge in [-0.15, -0.1) is 0 Å². The van der Waals surface area contributed by atoms with E-state index in [4.69, 9.17) is 5.73 Å². The highest BCUT2D eigenvalue weighted by Crippen LogP contribution is 2.26. The van der Waals surface area contributed by atoms with Crippen LogP contribution < -0.4 is 5.73 Å². The largest absolute Gasteiger partial charge is 0.361 e. The summed E-state index contributed by atoms with van der Waals surface area (Å²) >= 11 is 0. The van der Waals surface area contributed by atoms with Crippen molar-refractivity contribution >= 4 is 10.9 Å². The Hall–Kier alpha value is -1.35. The lowest BCUT2D eigenvalue weighted by atomic mass is 9.94. The minimum atomic E-state index is -0.643. The minimum absolute atomic E-state index is 0.226. The molecular formula is C11H13FN2. The summed E-state index contributed by atoms with van der Waals surface area (Å²) in [7, 11) is 0. The van der Waals surface area contributed by atoms with Gasteiger partial charge in [0.1, 0.15) is 5.82 Å². The predicted molar refractivity (Wildman–Crippen MR) is 55.5 cm³/mol. The standard InChI is InChI=1S/C11H13FN2/c1-11(2,13)8-3-4-9-7(10(8)12)5-6-14-9/h3-6,14H,13H2,1-2H3. The molecular weight excluding hydrogens is 179 g/mol. The maximum absolute atomic E-state index is 13.9. The fraction of sp³-hybridized carbons (Fsp3) is 0.273. The summed E-state index contributed by atoms with van der Waals surface area (Å²) in [5.74, 6) is -0.226. The van der Waals surface area contributed by atoms with Crippen LogP contribution >= 0.6 is 0 Å². The monoisotopic (exact) mass is 192 g/mol. The molecule has 0 saturated carbocycles. The highest BCUT2D eigenvalue weighted by molar-refractivity contribution is 5.81. The molecule has 3 N–H and O–H groups in total. The van der Waals surface area contributed by atoms with Crippen molar-refractivity contribution < 1.29 is 4.39 Å². The van der Waals surface area contributed by atoms with Crippen LogP contribution in [0.1, 0.15) is 19.4 Å². The molecule has 0 spiro atoms. The quantitative estimate of drug-likeness (QED) is 0.716. The minimum Gasteiger partial charge on any atom is -0.361 e. The maximum Gasteiger partial charge on any atom is 0.137 e. The van der Waals surface area contributed by atoms with Gasteiger partial charge in [0.15, 0.2) is 0 Å². The number of aromatic amines is 1. The van der Waals surface area contributed by atoms with Gasteiger partial charge >= 0.3 is 0 Å². The number of rotatable bonds is 1. The van der Waals surface area contributed by atoms with E-state index in [-0.39, 0.29) is 5.82 Å². The fourth-order valence-corrected chi connectivity index (χ4v) is 1.59. The van der Waals surface area contributed by atoms with Gasteiger partial charge in [0, 0.05) is 28.2 Å². The zero-order valence-corrected chi connectivity index (χ0v) is 8.26. The van der Waals surface area contributed by atoms with Crippen LogP contribution in [0.15, 0.2) is 24.4 Å². The first kappa shape index (κ1) is 9.21. The third-order valence-electron chi connectivity index (χ3n) is 2.36. The normalized spacial score (nSPS) is 12.3. The van der Waals surface area contributed by atoms with Crippen LogP contribution in [0.3, 0.4) is 0 Å². The fourth-order valence-electron chi connectivity index (χ4n) is 1.59. The lowest BCUT2D eigenvalue weighted by Crippen LogP contribution is -2.29. The van der Waals surface area contributed by atoms with Crippen LogP contribution in [0.2, 0.25) is 0 Å². The topological polar surface area (TPSA) is 41.8 Å². The van der Waals surface area contributed by atoms with Crippen LogP contribution in [-0.4, -0.2) is 4.98 Å². The number of benzene rings is 1. The molecule has 0 fully saturated rings. The molecule has 0 radical (unpaired) electrons. The predicted octanol–water partition coefficient (Wildman–Crippen LogP) is 2.50. The van der Waals surface area contributed by atoms with E-state index < -0.39 is 5.54 Å². The molecule has 1 heterocycles. The van der Waals surface area contributed by atoms with Crippen molar-refractivity contribution in [2.45, 2.75) is 19.4 Å². The summed E-state index contributed by atoms with van der Waals surface area (Å²) in [4.78, 5) is 2.96. The molecule has 2 rings (SSSR count). The van der Waals surface area contributed by atoms with E-state index in [1.807, 2.05) is 6.07 Å². The van der Waals surface area contributed by atoms with Gasteiger partial charge < -0.3 is 10.7 Å². The molecule has 14 heavy (non-hydrogen) atoms. The smallest absolute Gasteiger partial charge is 0.137 e. The summed E-state index contributed by atoms with van der Waals surface area (Å²) in [5, 5.41) is 0.598. The average molecular weight is 192 g/mol. The molecule has 0 amide bonds. The molecule has 2 nitrogen and oxygen atoms in total. The number of aromatic nitrogens is 1. The summed E-state index contributed by atoms with van der Waals surface area (Å²) < 4.78 is 13.9. The van der Waals surface area contributed by atoms with E-state index in [2.05, 4.69) is 4.98 Å². The van der Waals surface area contributed by atoms with Gasteiger partial charge in [-0.05, 0) is 26.0 Å². The average Bonchev–Trinajstić information content (AvgIpc) is 2.50. The van der Waals surface area contributed by atoms with Crippen molar-refractivity contribution in [3.05, 3.63) is 35.8 Å². The van der Waals surface area contributed by atoms with Crippen molar-refractivity contribution in [2.75, 3.05) is 0 Å². The van der Waals surface area contributed by atoms with Gasteiger partial charge in [0.2, 0.25) is 0 Å². The number of halogens is 1. The van der Waals surface area contributed by atoms with Gasteiger partial charge in [-0.2, -0.15) is 0 Å². The first-order valence-corrected chi connectivity index (χ1v) is 4.55. The Labute approximate surface area is 81.9 Å². The second-order valence-electron chi connectivity index (χ2n) is 4.09. The van der Waals surface area contributed by atoms with Gasteiger partial charge in [-0.3, -0.25) is 0 Å². The SMILES string of the molecule is CC(C)(N)c1ccc2[nH]ccc2c1F. The van der Waals surface area contributed by atoms with Crippen molar-refractivity contribution in [1.82, 2.24) is 4.98 Å². The lowest BCUT2D eigenvalue weighted by Gasteiger charge is -2.20. The molecule has 0 atom stereocenters. The van der Waals surface area contributed by atoms with E-state index in [0.29, 0.717) is 10.9 Å². The number of hydrogen-bond donors (Lipinski definition) is 2. The third-order valence-corrected chi connectivity index (χ3v) is 2.36. The van der Waals surface area contributed by atoms with Crippen molar-refractivity contribution in [3.8, 4) is 0 Å². The summed E-state index contributed by atoms with van der Waals surface area (Å²) in [6, 6.07) is 5.30. The molecule has 74 valence electrons. The highest BCUT2D eigenvalue weighted by Gasteiger charge is 2.20. The van der Waals surface area contributed by atoms with Gasteiger partial charge in [0.25, 0.3) is 0 Å². The molecule has 1 aromatic heterocycles. The number of nitrogens with one attached hydrogen (secondary N) is 1. The molecule has 0 saturated heterocycles. The molecule has 0 aliphatic carbocycles. The summed E-state index contributed by atoms with van der Waals surface area (Å²) in [6.07, 6.45) is 1.72. The molecule has 1 aromatic carbocycles. The summed E-state index contributed by atoms with van der Waals surface area (Å²) in [6.45, 7) is 3.59. The van der Waals surface area contributed by atoms with E-state index >= 15 is 0 Å². The summed E-state index contributed by atoms with van der Waals surface area (Å²) in [5.41, 5.74) is 6.57. The van der Waals surface area contributed by atoms with Crippen LogP contribution in [0.25, 0.3) is 10.9 Å². The zero-order chi connectivity index (χ0) is 10.3. The number of hydrogen-bond acceptors (Lipinski definition) is 1. The third kappa shape index (κ3) is 1.30.